The molecule has 0 heterocycles. The first-order valence-corrected chi connectivity index (χ1v) is 17.4. The Morgan fingerprint density at radius 3 is 1.88 bits per heavy atom. The quantitative estimate of drug-likeness (QED) is 0.159. The van der Waals surface area contributed by atoms with Gasteiger partial charge in [0.2, 0.25) is 0 Å². The van der Waals surface area contributed by atoms with Crippen LogP contribution >= 0.6 is 39.1 Å². The Hall–Kier alpha value is -4.36. The number of phenolic OH excluding ortho intramolecular Hbond substituents is 1. The largest absolute Gasteiger partial charge is 0.508 e. The van der Waals surface area contributed by atoms with Crippen molar-refractivity contribution >= 4 is 72.4 Å². The summed E-state index contributed by atoms with van der Waals surface area (Å²) in [5.74, 6) is 2.26. The summed E-state index contributed by atoms with van der Waals surface area (Å²) in [6.45, 7) is 8.01. The monoisotopic (exact) mass is 757 g/mol. The van der Waals surface area contributed by atoms with Gasteiger partial charge in [0.05, 0.1) is 0 Å². The molecule has 8 heteroatoms. The summed E-state index contributed by atoms with van der Waals surface area (Å²) >= 11 is 14.9. The standard InChI is InChI=1S/C20H18ClNO2.C15H15BrO.C6H5ClO/c1-13(2)22-20(23)15-6-11-18-14(12-15)4-3-5-19(18)24-17-9-7-16(21)8-10-17;1-10(2)8-15(17)12-6-7-13-11(9-12)4-3-5-14(13)16;7-5-1-3-6(8)4-2-5/h3-13H,1-2H3,(H,22,23);3-7,9-10H,8H2,1-2H3;1-4,8H. The number of Topliss-reactive ketones (excluding diaryl/α,β-unsaturated/α-hetero) is 1. The summed E-state index contributed by atoms with van der Waals surface area (Å²) in [6.07, 6.45) is 0.611. The summed E-state index contributed by atoms with van der Waals surface area (Å²) in [5, 5.41) is 17.1. The Labute approximate surface area is 306 Å². The van der Waals surface area contributed by atoms with Crippen molar-refractivity contribution in [2.45, 2.75) is 40.2 Å². The number of aromatic hydroxyl groups is 1. The van der Waals surface area contributed by atoms with Gasteiger partial charge in [0.15, 0.2) is 5.78 Å². The van der Waals surface area contributed by atoms with Gasteiger partial charge in [-0.3, -0.25) is 9.59 Å². The molecule has 0 aliphatic carbocycles. The summed E-state index contributed by atoms with van der Waals surface area (Å²) < 4.78 is 7.02. The lowest BCUT2D eigenvalue weighted by molar-refractivity contribution is 0.0940. The molecule has 0 unspecified atom stereocenters. The predicted molar refractivity (Wildman–Crippen MR) is 207 cm³/mol. The molecule has 6 aromatic carbocycles. The lowest BCUT2D eigenvalue weighted by atomic mass is 9.99. The Morgan fingerprint density at radius 1 is 0.714 bits per heavy atom. The third-order valence-corrected chi connectivity index (χ3v) is 8.33. The van der Waals surface area contributed by atoms with Gasteiger partial charge in [0.25, 0.3) is 5.91 Å². The molecule has 0 aromatic heterocycles. The maximum Gasteiger partial charge on any atom is 0.251 e. The van der Waals surface area contributed by atoms with Crippen molar-refractivity contribution in [3.05, 3.63) is 147 Å². The fourth-order valence-corrected chi connectivity index (χ4v) is 5.57. The normalized spacial score (nSPS) is 10.6. The maximum atomic E-state index is 12.2. The summed E-state index contributed by atoms with van der Waals surface area (Å²) in [6, 6.07) is 37.0. The zero-order valence-electron chi connectivity index (χ0n) is 27.7. The van der Waals surface area contributed by atoms with Crippen LogP contribution in [0.15, 0.2) is 126 Å². The number of ketones is 1. The van der Waals surface area contributed by atoms with E-state index < -0.39 is 0 Å². The van der Waals surface area contributed by atoms with Gasteiger partial charge >= 0.3 is 0 Å². The molecule has 0 atom stereocenters. The maximum absolute atomic E-state index is 12.2. The second kappa shape index (κ2) is 17.9. The highest BCUT2D eigenvalue weighted by Gasteiger charge is 2.11. The molecule has 0 saturated carbocycles. The van der Waals surface area contributed by atoms with Crippen molar-refractivity contribution in [1.82, 2.24) is 5.32 Å². The first-order valence-electron chi connectivity index (χ1n) is 15.8. The van der Waals surface area contributed by atoms with Crippen LogP contribution < -0.4 is 10.1 Å². The molecule has 0 saturated heterocycles. The third kappa shape index (κ3) is 11.4. The van der Waals surface area contributed by atoms with E-state index in [1.54, 1.807) is 36.4 Å². The summed E-state index contributed by atoms with van der Waals surface area (Å²) in [4.78, 5) is 24.1. The van der Waals surface area contributed by atoms with Crippen LogP contribution in [-0.4, -0.2) is 22.8 Å². The zero-order valence-corrected chi connectivity index (χ0v) is 30.8. The fourth-order valence-electron chi connectivity index (χ4n) is 4.81. The number of halogens is 3. The molecule has 0 spiro atoms. The van der Waals surface area contributed by atoms with Gasteiger partial charge < -0.3 is 15.2 Å². The average molecular weight is 760 g/mol. The van der Waals surface area contributed by atoms with Gasteiger partial charge in [-0.2, -0.15) is 0 Å². The van der Waals surface area contributed by atoms with Crippen molar-refractivity contribution < 1.29 is 19.4 Å². The first kappa shape index (κ1) is 37.5. The van der Waals surface area contributed by atoms with Crippen LogP contribution in [0.1, 0.15) is 54.8 Å². The molecular weight excluding hydrogens is 721 g/mol. The smallest absolute Gasteiger partial charge is 0.251 e. The highest BCUT2D eigenvalue weighted by molar-refractivity contribution is 9.10. The minimum atomic E-state index is -0.0732. The van der Waals surface area contributed by atoms with Gasteiger partial charge in [-0.1, -0.05) is 89.4 Å². The average Bonchev–Trinajstić information content (AvgIpc) is 3.07. The van der Waals surface area contributed by atoms with Crippen LogP contribution in [0.2, 0.25) is 10.0 Å². The number of carbonyl (C=O) groups excluding carboxylic acids is 2. The molecule has 0 radical (unpaired) electrons. The number of amides is 1. The number of hydrogen-bond donors (Lipinski definition) is 2. The van der Waals surface area contributed by atoms with E-state index in [1.165, 1.54) is 0 Å². The lowest BCUT2D eigenvalue weighted by Gasteiger charge is -2.11. The molecule has 252 valence electrons. The van der Waals surface area contributed by atoms with Crippen molar-refractivity contribution in [2.24, 2.45) is 5.92 Å². The molecule has 6 rings (SSSR count). The van der Waals surface area contributed by atoms with Crippen molar-refractivity contribution in [3.8, 4) is 17.2 Å². The van der Waals surface area contributed by atoms with Gasteiger partial charge in [-0.05, 0) is 121 Å². The second-order valence-corrected chi connectivity index (χ2v) is 13.8. The fraction of sp³-hybridized carbons (Fsp3) is 0.171. The van der Waals surface area contributed by atoms with Gasteiger partial charge in [0, 0.05) is 43.5 Å². The summed E-state index contributed by atoms with van der Waals surface area (Å²) in [7, 11) is 0. The molecule has 0 fully saturated rings. The van der Waals surface area contributed by atoms with E-state index in [-0.39, 0.29) is 23.5 Å². The van der Waals surface area contributed by atoms with Crippen LogP contribution in [0, 0.1) is 5.92 Å². The van der Waals surface area contributed by atoms with E-state index in [0.717, 1.165) is 37.3 Å². The zero-order chi connectivity index (χ0) is 35.5. The summed E-state index contributed by atoms with van der Waals surface area (Å²) in [5.41, 5.74) is 1.45. The molecule has 2 N–H and O–H groups in total. The van der Waals surface area contributed by atoms with Crippen molar-refractivity contribution in [1.29, 1.82) is 0 Å². The van der Waals surface area contributed by atoms with Crippen LogP contribution in [-0.2, 0) is 0 Å². The first-order chi connectivity index (χ1) is 23.4. The van der Waals surface area contributed by atoms with Crippen molar-refractivity contribution in [2.75, 3.05) is 0 Å². The van der Waals surface area contributed by atoms with E-state index in [2.05, 4.69) is 35.1 Å². The van der Waals surface area contributed by atoms with E-state index in [4.69, 9.17) is 33.0 Å². The third-order valence-electron chi connectivity index (χ3n) is 7.13. The number of hydrogen-bond acceptors (Lipinski definition) is 4. The highest BCUT2D eigenvalue weighted by atomic mass is 79.9. The number of nitrogens with one attached hydrogen (secondary N) is 1. The van der Waals surface area contributed by atoms with E-state index in [0.29, 0.717) is 33.7 Å². The molecule has 6 aromatic rings. The molecule has 5 nitrogen and oxygen atoms in total. The minimum Gasteiger partial charge on any atom is -0.508 e. The topological polar surface area (TPSA) is 75.6 Å². The number of ether oxygens (including phenoxy) is 1. The number of benzene rings is 6. The predicted octanol–water partition coefficient (Wildman–Crippen LogP) is 12.3. The molecule has 0 bridgehead atoms. The van der Waals surface area contributed by atoms with Crippen LogP contribution in [0.25, 0.3) is 21.5 Å². The Bertz CT molecular complexity index is 2010. The number of rotatable bonds is 7. The van der Waals surface area contributed by atoms with Crippen LogP contribution in [0.3, 0.4) is 0 Å². The second-order valence-electron chi connectivity index (χ2n) is 12.0. The van der Waals surface area contributed by atoms with Crippen LogP contribution in [0.5, 0.6) is 17.2 Å². The van der Waals surface area contributed by atoms with Gasteiger partial charge in [-0.25, -0.2) is 0 Å². The Balaban J connectivity index is 0.000000187. The molecular formula is C41H38BrCl2NO4. The highest BCUT2D eigenvalue weighted by Crippen LogP contribution is 2.31. The van der Waals surface area contributed by atoms with Gasteiger partial charge in [-0.15, -0.1) is 0 Å². The van der Waals surface area contributed by atoms with E-state index in [1.807, 2.05) is 98.8 Å². The number of carbonyl (C=O) groups is 2. The number of phenols is 1. The van der Waals surface area contributed by atoms with Crippen LogP contribution in [0.4, 0.5) is 0 Å². The molecule has 0 aliphatic heterocycles. The number of fused-ring (bicyclic) bond motifs is 2. The Morgan fingerprint density at radius 2 is 1.27 bits per heavy atom. The van der Waals surface area contributed by atoms with E-state index >= 15 is 0 Å². The molecule has 0 aliphatic rings. The SMILES string of the molecule is CC(C)CC(=O)c1ccc2c(Br)cccc2c1.CC(C)NC(=O)c1ccc2c(Oc3ccc(Cl)cc3)cccc2c1.Oc1ccc(Cl)cc1. The van der Waals surface area contributed by atoms with E-state index in [9.17, 15) is 9.59 Å². The minimum absolute atomic E-state index is 0.0732. The molecule has 49 heavy (non-hydrogen) atoms. The lowest BCUT2D eigenvalue weighted by Crippen LogP contribution is -2.29. The molecule has 1 amide bonds. The Kier molecular flexibility index (Phi) is 13.7. The van der Waals surface area contributed by atoms with Crippen molar-refractivity contribution in [3.63, 3.8) is 0 Å². The van der Waals surface area contributed by atoms with Gasteiger partial charge in [0.1, 0.15) is 17.2 Å².